The Hall–Kier alpha value is -1.64. The molecule has 3 nitrogen and oxygen atoms in total. The lowest BCUT2D eigenvalue weighted by atomic mass is 9.90. The van der Waals surface area contributed by atoms with Crippen molar-refractivity contribution in [3.8, 4) is 0 Å². The molecule has 0 aromatic heterocycles. The monoisotopic (exact) mass is 306 g/mol. The molecule has 0 aliphatic carbocycles. The Balaban J connectivity index is 0.000000433. The Morgan fingerprint density at radius 3 is 1.68 bits per heavy atom. The van der Waals surface area contributed by atoms with E-state index < -0.39 is 0 Å². The predicted octanol–water partition coefficient (Wildman–Crippen LogP) is 4.64. The SMILES string of the molecule is CCOC(=O)C(C)CC.Cc1c(C)c(C)c(C=O)c(C)c1C. The molecule has 124 valence electrons. The summed E-state index contributed by atoms with van der Waals surface area (Å²) in [5.74, 6) is -0.0232. The Kier molecular flexibility index (Phi) is 8.69. The molecule has 0 fully saturated rings. The van der Waals surface area contributed by atoms with Crippen molar-refractivity contribution in [3.63, 3.8) is 0 Å². The van der Waals surface area contributed by atoms with Crippen LogP contribution in [0.1, 0.15) is 65.4 Å². The van der Waals surface area contributed by atoms with Gasteiger partial charge in [-0.05, 0) is 75.8 Å². The summed E-state index contributed by atoms with van der Waals surface area (Å²) < 4.78 is 4.76. The summed E-state index contributed by atoms with van der Waals surface area (Å²) in [4.78, 5) is 21.6. The van der Waals surface area contributed by atoms with Gasteiger partial charge in [0.15, 0.2) is 6.29 Å². The maximum Gasteiger partial charge on any atom is 0.308 e. The van der Waals surface area contributed by atoms with E-state index in [0.717, 1.165) is 29.4 Å². The first kappa shape index (κ1) is 20.4. The standard InChI is InChI=1S/C12H16O.C7H14O2/c1-7-8(2)10(4)12(6-13)11(5)9(7)3;1-4-6(3)7(8)9-5-2/h6H,1-5H3;6H,4-5H2,1-3H3. The maximum atomic E-state index is 10.9. The van der Waals surface area contributed by atoms with Gasteiger partial charge in [-0.3, -0.25) is 9.59 Å². The van der Waals surface area contributed by atoms with Gasteiger partial charge in [-0.2, -0.15) is 0 Å². The first-order valence-corrected chi connectivity index (χ1v) is 7.91. The van der Waals surface area contributed by atoms with Crippen LogP contribution in [0.5, 0.6) is 0 Å². The average molecular weight is 306 g/mol. The van der Waals surface area contributed by atoms with Gasteiger partial charge < -0.3 is 4.74 Å². The predicted molar refractivity (Wildman–Crippen MR) is 91.6 cm³/mol. The number of benzene rings is 1. The third kappa shape index (κ3) is 4.97. The Morgan fingerprint density at radius 1 is 0.955 bits per heavy atom. The molecular formula is C19H30O3. The van der Waals surface area contributed by atoms with Crippen LogP contribution in [0.25, 0.3) is 0 Å². The van der Waals surface area contributed by atoms with Gasteiger partial charge in [0.1, 0.15) is 0 Å². The molecule has 0 saturated heterocycles. The Labute approximate surface area is 135 Å². The first-order valence-electron chi connectivity index (χ1n) is 7.91. The van der Waals surface area contributed by atoms with E-state index in [0.29, 0.717) is 6.61 Å². The smallest absolute Gasteiger partial charge is 0.308 e. The van der Waals surface area contributed by atoms with Crippen molar-refractivity contribution in [1.29, 1.82) is 0 Å². The second-order valence-electron chi connectivity index (χ2n) is 5.72. The summed E-state index contributed by atoms with van der Waals surface area (Å²) in [6.07, 6.45) is 1.82. The van der Waals surface area contributed by atoms with Crippen LogP contribution in [0.4, 0.5) is 0 Å². The molecule has 0 aliphatic rings. The lowest BCUT2D eigenvalue weighted by molar-refractivity contribution is -0.147. The highest BCUT2D eigenvalue weighted by molar-refractivity contribution is 5.81. The second kappa shape index (κ2) is 9.39. The van der Waals surface area contributed by atoms with Crippen molar-refractivity contribution in [3.05, 3.63) is 33.4 Å². The van der Waals surface area contributed by atoms with Gasteiger partial charge in [0.25, 0.3) is 0 Å². The van der Waals surface area contributed by atoms with Gasteiger partial charge in [-0.1, -0.05) is 13.8 Å². The molecule has 1 rings (SSSR count). The molecule has 0 aliphatic heterocycles. The van der Waals surface area contributed by atoms with Crippen molar-refractivity contribution in [2.75, 3.05) is 6.61 Å². The molecule has 1 aromatic rings. The van der Waals surface area contributed by atoms with Crippen molar-refractivity contribution >= 4 is 12.3 Å². The molecule has 0 amide bonds. The summed E-state index contributed by atoms with van der Waals surface area (Å²) >= 11 is 0. The van der Waals surface area contributed by atoms with Gasteiger partial charge in [0, 0.05) is 5.56 Å². The van der Waals surface area contributed by atoms with E-state index >= 15 is 0 Å². The van der Waals surface area contributed by atoms with E-state index in [1.165, 1.54) is 16.7 Å². The molecule has 0 radical (unpaired) electrons. The van der Waals surface area contributed by atoms with Crippen molar-refractivity contribution in [2.45, 2.75) is 61.8 Å². The second-order valence-corrected chi connectivity index (χ2v) is 5.72. The topological polar surface area (TPSA) is 43.4 Å². The fourth-order valence-electron chi connectivity index (χ4n) is 2.16. The molecule has 0 heterocycles. The van der Waals surface area contributed by atoms with Crippen LogP contribution in [-0.2, 0) is 9.53 Å². The van der Waals surface area contributed by atoms with E-state index in [1.807, 2.05) is 34.6 Å². The maximum absolute atomic E-state index is 10.9. The minimum absolute atomic E-state index is 0.0601. The molecular weight excluding hydrogens is 276 g/mol. The summed E-state index contributed by atoms with van der Waals surface area (Å²) in [5.41, 5.74) is 6.89. The summed E-state index contributed by atoms with van der Waals surface area (Å²) in [5, 5.41) is 0. The summed E-state index contributed by atoms with van der Waals surface area (Å²) in [6.45, 7) is 16.4. The van der Waals surface area contributed by atoms with Crippen molar-refractivity contribution in [1.82, 2.24) is 0 Å². The van der Waals surface area contributed by atoms with Gasteiger partial charge in [0.05, 0.1) is 12.5 Å². The lowest BCUT2D eigenvalue weighted by Crippen LogP contribution is -2.13. The van der Waals surface area contributed by atoms with Crippen LogP contribution in [-0.4, -0.2) is 18.9 Å². The molecule has 0 spiro atoms. The van der Waals surface area contributed by atoms with E-state index in [-0.39, 0.29) is 11.9 Å². The minimum Gasteiger partial charge on any atom is -0.466 e. The van der Waals surface area contributed by atoms with Gasteiger partial charge in [-0.25, -0.2) is 0 Å². The molecule has 3 heteroatoms. The Bertz CT molecular complexity index is 501. The molecule has 1 aromatic carbocycles. The van der Waals surface area contributed by atoms with Crippen molar-refractivity contribution in [2.24, 2.45) is 5.92 Å². The van der Waals surface area contributed by atoms with Crippen LogP contribution in [0.2, 0.25) is 0 Å². The highest BCUT2D eigenvalue weighted by atomic mass is 16.5. The highest BCUT2D eigenvalue weighted by Crippen LogP contribution is 2.24. The third-order valence-corrected chi connectivity index (χ3v) is 4.48. The van der Waals surface area contributed by atoms with Crippen LogP contribution < -0.4 is 0 Å². The number of rotatable bonds is 4. The molecule has 1 unspecified atom stereocenters. The third-order valence-electron chi connectivity index (χ3n) is 4.48. The molecule has 0 bridgehead atoms. The number of esters is 1. The fraction of sp³-hybridized carbons (Fsp3) is 0.579. The number of carbonyl (C=O) groups excluding carboxylic acids is 2. The molecule has 1 atom stereocenters. The zero-order valence-electron chi connectivity index (χ0n) is 15.3. The van der Waals surface area contributed by atoms with Crippen LogP contribution in [0, 0.1) is 40.5 Å². The summed E-state index contributed by atoms with van der Waals surface area (Å²) in [7, 11) is 0. The average Bonchev–Trinajstić information content (AvgIpc) is 2.51. The highest BCUT2D eigenvalue weighted by Gasteiger charge is 2.11. The van der Waals surface area contributed by atoms with Crippen LogP contribution in [0.3, 0.4) is 0 Å². The minimum atomic E-state index is -0.0833. The lowest BCUT2D eigenvalue weighted by Gasteiger charge is -2.14. The number of aldehydes is 1. The fourth-order valence-corrected chi connectivity index (χ4v) is 2.16. The van der Waals surface area contributed by atoms with E-state index in [2.05, 4.69) is 20.8 Å². The van der Waals surface area contributed by atoms with Gasteiger partial charge in [-0.15, -0.1) is 0 Å². The van der Waals surface area contributed by atoms with E-state index in [9.17, 15) is 9.59 Å². The number of hydrogen-bond donors (Lipinski definition) is 0. The number of hydrogen-bond acceptors (Lipinski definition) is 3. The summed E-state index contributed by atoms with van der Waals surface area (Å²) in [6, 6.07) is 0. The molecule has 22 heavy (non-hydrogen) atoms. The number of carbonyl (C=O) groups is 2. The van der Waals surface area contributed by atoms with Gasteiger partial charge >= 0.3 is 5.97 Å². The molecule has 0 N–H and O–H groups in total. The largest absolute Gasteiger partial charge is 0.466 e. The Morgan fingerprint density at radius 2 is 1.36 bits per heavy atom. The van der Waals surface area contributed by atoms with Crippen LogP contribution in [0.15, 0.2) is 0 Å². The zero-order chi connectivity index (χ0) is 17.4. The number of ether oxygens (including phenoxy) is 1. The van der Waals surface area contributed by atoms with Gasteiger partial charge in [0.2, 0.25) is 0 Å². The van der Waals surface area contributed by atoms with E-state index in [4.69, 9.17) is 4.74 Å². The molecule has 0 saturated carbocycles. The normalized spacial score (nSPS) is 11.3. The van der Waals surface area contributed by atoms with E-state index in [1.54, 1.807) is 0 Å². The first-order chi connectivity index (χ1) is 10.2. The zero-order valence-corrected chi connectivity index (χ0v) is 15.3. The van der Waals surface area contributed by atoms with Crippen molar-refractivity contribution < 1.29 is 14.3 Å². The van der Waals surface area contributed by atoms with Crippen LogP contribution >= 0.6 is 0 Å². The quantitative estimate of drug-likeness (QED) is 0.601.